The van der Waals surface area contributed by atoms with Crippen molar-refractivity contribution in [1.82, 2.24) is 20.0 Å². The predicted octanol–water partition coefficient (Wildman–Crippen LogP) is 1.35. The SMILES string of the molecule is O=C(NCCCN1CCOCC1)[C@H]1CCCN(c2cnn(Cc3ccccc3)c(=O)c2)C1. The van der Waals surface area contributed by atoms with Crippen molar-refractivity contribution in [3.63, 3.8) is 0 Å². The zero-order valence-corrected chi connectivity index (χ0v) is 18.6. The van der Waals surface area contributed by atoms with Crippen molar-refractivity contribution in [2.75, 3.05) is 57.4 Å². The van der Waals surface area contributed by atoms with Crippen LogP contribution in [0.5, 0.6) is 0 Å². The Kier molecular flexibility index (Phi) is 7.90. The number of aromatic nitrogens is 2. The summed E-state index contributed by atoms with van der Waals surface area (Å²) in [6.45, 7) is 7.16. The van der Waals surface area contributed by atoms with Gasteiger partial charge < -0.3 is 15.0 Å². The molecule has 0 aliphatic carbocycles. The molecule has 4 rings (SSSR count). The molecule has 2 saturated heterocycles. The summed E-state index contributed by atoms with van der Waals surface area (Å²) in [4.78, 5) is 29.8. The lowest BCUT2D eigenvalue weighted by molar-refractivity contribution is -0.125. The first-order valence-electron chi connectivity index (χ1n) is 11.6. The van der Waals surface area contributed by atoms with E-state index in [-0.39, 0.29) is 17.4 Å². The summed E-state index contributed by atoms with van der Waals surface area (Å²) in [5.74, 6) is 0.0564. The maximum Gasteiger partial charge on any atom is 0.269 e. The zero-order chi connectivity index (χ0) is 22.2. The number of carbonyl (C=O) groups is 1. The first kappa shape index (κ1) is 22.5. The molecular formula is C24H33N5O3. The normalized spacial score (nSPS) is 19.6. The number of hydrogen-bond acceptors (Lipinski definition) is 6. The van der Waals surface area contributed by atoms with Crippen LogP contribution in [0.4, 0.5) is 5.69 Å². The summed E-state index contributed by atoms with van der Waals surface area (Å²) in [5, 5.41) is 7.48. The minimum absolute atomic E-state index is 0.0566. The molecule has 0 bridgehead atoms. The Morgan fingerprint density at radius 2 is 1.97 bits per heavy atom. The molecule has 3 heterocycles. The van der Waals surface area contributed by atoms with Crippen LogP contribution in [0.1, 0.15) is 24.8 Å². The zero-order valence-electron chi connectivity index (χ0n) is 18.6. The summed E-state index contributed by atoms with van der Waals surface area (Å²) in [5.41, 5.74) is 1.71. The second kappa shape index (κ2) is 11.2. The predicted molar refractivity (Wildman–Crippen MR) is 124 cm³/mol. The van der Waals surface area contributed by atoms with Crippen molar-refractivity contribution in [3.8, 4) is 0 Å². The standard InChI is InChI=1S/C24H33N5O3/c30-23-16-22(17-26-29(23)18-20-6-2-1-3-7-20)28-11-4-8-21(19-28)24(31)25-9-5-10-27-12-14-32-15-13-27/h1-3,6-7,16-17,21H,4-5,8-15,18-19H2,(H,25,31)/t21-/m0/s1. The highest BCUT2D eigenvalue weighted by Crippen LogP contribution is 2.22. The Morgan fingerprint density at radius 3 is 2.75 bits per heavy atom. The van der Waals surface area contributed by atoms with Gasteiger partial charge in [0.25, 0.3) is 5.56 Å². The first-order valence-corrected chi connectivity index (χ1v) is 11.6. The number of nitrogens with zero attached hydrogens (tertiary/aromatic N) is 4. The molecule has 1 aromatic heterocycles. The van der Waals surface area contributed by atoms with Crippen molar-refractivity contribution < 1.29 is 9.53 Å². The van der Waals surface area contributed by atoms with E-state index >= 15 is 0 Å². The van der Waals surface area contributed by atoms with Gasteiger partial charge >= 0.3 is 0 Å². The average molecular weight is 440 g/mol. The van der Waals surface area contributed by atoms with Gasteiger partial charge in [-0.3, -0.25) is 14.5 Å². The number of nitrogens with one attached hydrogen (secondary N) is 1. The van der Waals surface area contributed by atoms with E-state index in [1.807, 2.05) is 30.3 Å². The van der Waals surface area contributed by atoms with E-state index in [0.29, 0.717) is 19.6 Å². The van der Waals surface area contributed by atoms with E-state index in [9.17, 15) is 9.59 Å². The fraction of sp³-hybridized carbons (Fsp3) is 0.542. The topological polar surface area (TPSA) is 79.7 Å². The molecule has 0 radical (unpaired) electrons. The monoisotopic (exact) mass is 439 g/mol. The number of benzene rings is 1. The number of rotatable bonds is 8. The molecule has 0 saturated carbocycles. The number of hydrogen-bond donors (Lipinski definition) is 1. The number of carbonyl (C=O) groups excluding carboxylic acids is 1. The Hall–Kier alpha value is -2.71. The number of ether oxygens (including phenoxy) is 1. The minimum Gasteiger partial charge on any atom is -0.379 e. The van der Waals surface area contributed by atoms with Gasteiger partial charge in [-0.2, -0.15) is 5.10 Å². The maximum absolute atomic E-state index is 12.7. The highest BCUT2D eigenvalue weighted by molar-refractivity contribution is 5.79. The van der Waals surface area contributed by atoms with E-state index in [4.69, 9.17) is 4.74 Å². The van der Waals surface area contributed by atoms with Crippen LogP contribution < -0.4 is 15.8 Å². The molecule has 8 nitrogen and oxygen atoms in total. The first-order chi connectivity index (χ1) is 15.7. The molecule has 1 atom stereocenters. The summed E-state index contributed by atoms with van der Waals surface area (Å²) in [6, 6.07) is 11.5. The van der Waals surface area contributed by atoms with Gasteiger partial charge in [-0.05, 0) is 31.4 Å². The van der Waals surface area contributed by atoms with E-state index in [2.05, 4.69) is 20.2 Å². The van der Waals surface area contributed by atoms with Crippen molar-refractivity contribution in [2.24, 2.45) is 5.92 Å². The molecule has 1 aromatic carbocycles. The van der Waals surface area contributed by atoms with Gasteiger partial charge in [0.15, 0.2) is 0 Å². The maximum atomic E-state index is 12.7. The fourth-order valence-corrected chi connectivity index (χ4v) is 4.38. The van der Waals surface area contributed by atoms with E-state index in [1.54, 1.807) is 12.3 Å². The van der Waals surface area contributed by atoms with Crippen LogP contribution in [0.15, 0.2) is 47.4 Å². The van der Waals surface area contributed by atoms with Gasteiger partial charge in [0, 0.05) is 38.8 Å². The lowest BCUT2D eigenvalue weighted by atomic mass is 9.97. The van der Waals surface area contributed by atoms with Crippen LogP contribution in [0.2, 0.25) is 0 Å². The van der Waals surface area contributed by atoms with Gasteiger partial charge in [0.05, 0.1) is 37.6 Å². The van der Waals surface area contributed by atoms with Crippen LogP contribution in [0.25, 0.3) is 0 Å². The summed E-state index contributed by atoms with van der Waals surface area (Å²) < 4.78 is 6.84. The second-order valence-corrected chi connectivity index (χ2v) is 8.58. The molecule has 1 N–H and O–H groups in total. The van der Waals surface area contributed by atoms with E-state index in [0.717, 1.165) is 69.9 Å². The van der Waals surface area contributed by atoms with Crippen molar-refractivity contribution in [1.29, 1.82) is 0 Å². The second-order valence-electron chi connectivity index (χ2n) is 8.58. The van der Waals surface area contributed by atoms with Crippen molar-refractivity contribution in [3.05, 3.63) is 58.5 Å². The smallest absolute Gasteiger partial charge is 0.269 e. The Morgan fingerprint density at radius 1 is 1.16 bits per heavy atom. The molecule has 2 aromatic rings. The van der Waals surface area contributed by atoms with Crippen LogP contribution in [-0.2, 0) is 16.1 Å². The van der Waals surface area contributed by atoms with E-state index in [1.165, 1.54) is 4.68 Å². The average Bonchev–Trinajstić information content (AvgIpc) is 2.84. The van der Waals surface area contributed by atoms with Crippen LogP contribution >= 0.6 is 0 Å². The number of piperidine rings is 1. The highest BCUT2D eigenvalue weighted by Gasteiger charge is 2.26. The number of amides is 1. The third-order valence-corrected chi connectivity index (χ3v) is 6.24. The van der Waals surface area contributed by atoms with Crippen LogP contribution in [0.3, 0.4) is 0 Å². The minimum atomic E-state index is -0.124. The molecule has 0 unspecified atom stereocenters. The Bertz CT molecular complexity index is 927. The van der Waals surface area contributed by atoms with Gasteiger partial charge in [-0.15, -0.1) is 0 Å². The van der Waals surface area contributed by atoms with Crippen molar-refractivity contribution in [2.45, 2.75) is 25.8 Å². The molecule has 2 aliphatic rings. The van der Waals surface area contributed by atoms with Gasteiger partial charge in [0.2, 0.25) is 5.91 Å². The van der Waals surface area contributed by atoms with Crippen LogP contribution in [0, 0.1) is 5.92 Å². The molecule has 172 valence electrons. The summed E-state index contributed by atoms with van der Waals surface area (Å²) in [6.07, 6.45) is 4.50. The number of morpholine rings is 1. The third kappa shape index (κ3) is 6.17. The Balaban J connectivity index is 1.27. The van der Waals surface area contributed by atoms with E-state index < -0.39 is 0 Å². The van der Waals surface area contributed by atoms with Gasteiger partial charge in [-0.25, -0.2) is 4.68 Å². The quantitative estimate of drug-likeness (QED) is 0.626. The lowest BCUT2D eigenvalue weighted by Gasteiger charge is -2.33. The molecular weight excluding hydrogens is 406 g/mol. The molecule has 2 fully saturated rings. The molecule has 8 heteroatoms. The highest BCUT2D eigenvalue weighted by atomic mass is 16.5. The van der Waals surface area contributed by atoms with Gasteiger partial charge in [0.1, 0.15) is 0 Å². The lowest BCUT2D eigenvalue weighted by Crippen LogP contribution is -2.44. The van der Waals surface area contributed by atoms with Crippen molar-refractivity contribution >= 4 is 11.6 Å². The molecule has 0 spiro atoms. The molecule has 2 aliphatic heterocycles. The summed E-state index contributed by atoms with van der Waals surface area (Å²) >= 11 is 0. The molecule has 32 heavy (non-hydrogen) atoms. The largest absolute Gasteiger partial charge is 0.379 e. The number of anilines is 1. The third-order valence-electron chi connectivity index (χ3n) is 6.24. The molecule has 1 amide bonds. The fourth-order valence-electron chi connectivity index (χ4n) is 4.38. The summed E-state index contributed by atoms with van der Waals surface area (Å²) in [7, 11) is 0. The Labute approximate surface area is 189 Å². The van der Waals surface area contributed by atoms with Crippen LogP contribution in [-0.4, -0.2) is 73.1 Å². The van der Waals surface area contributed by atoms with Gasteiger partial charge in [-0.1, -0.05) is 30.3 Å².